The molecule has 0 saturated heterocycles. The Morgan fingerprint density at radius 1 is 1.33 bits per heavy atom. The zero-order valence-corrected chi connectivity index (χ0v) is 10.8. The summed E-state index contributed by atoms with van der Waals surface area (Å²) in [5, 5.41) is 0. The molecule has 0 N–H and O–H groups in total. The molecule has 0 saturated carbocycles. The van der Waals surface area contributed by atoms with E-state index < -0.39 is 7.82 Å². The number of nitrogens with zero attached hydrogens (tertiary/aromatic N) is 1. The molecule has 0 heterocycles. The van der Waals surface area contributed by atoms with Crippen molar-refractivity contribution in [3.63, 3.8) is 0 Å². The van der Waals surface area contributed by atoms with Crippen molar-refractivity contribution in [1.82, 2.24) is 0 Å². The van der Waals surface area contributed by atoms with Gasteiger partial charge in [-0.3, -0.25) is 0 Å². The van der Waals surface area contributed by atoms with E-state index in [1.54, 1.807) is 0 Å². The van der Waals surface area contributed by atoms with Gasteiger partial charge in [-0.15, -0.1) is 0 Å². The molecule has 0 bridgehead atoms. The van der Waals surface area contributed by atoms with Crippen LogP contribution in [-0.2, 0) is 9.09 Å². The normalized spacial score (nSPS) is 12.4. The second-order valence-corrected chi connectivity index (χ2v) is 4.45. The monoisotopic (exact) mass is 222 g/mol. The molecule has 0 atom stereocenters. The Balaban J connectivity index is 0. The summed E-state index contributed by atoms with van der Waals surface area (Å²) in [6.45, 7) is 0.447. The third-order valence-corrected chi connectivity index (χ3v) is 1.51. The molecule has 5 nitrogen and oxygen atoms in total. The molecular weight excluding hydrogens is 209 g/mol. The largest absolute Gasteiger partial charge is 2.00 e. The SMILES string of the molecule is C[N+](C)(C)CCOP(=O)([O-])[O-].[Ca+2]. The van der Waals surface area contributed by atoms with Crippen LogP contribution in [0.4, 0.5) is 0 Å². The standard InChI is InChI=1S/C5H14NO4P.Ca/c1-6(2,3)4-5-10-11(7,8)9;/h4-5H2,1-3H3,(H-,7,8,9);/q;+2/p-1. The van der Waals surface area contributed by atoms with Crippen molar-refractivity contribution >= 4 is 45.6 Å². The molecule has 12 heavy (non-hydrogen) atoms. The van der Waals surface area contributed by atoms with Crippen LogP contribution in [0.2, 0.25) is 0 Å². The number of phosphoric acid groups is 1. The van der Waals surface area contributed by atoms with Gasteiger partial charge in [-0.1, -0.05) is 0 Å². The van der Waals surface area contributed by atoms with Gasteiger partial charge in [0.05, 0.1) is 29.0 Å². The van der Waals surface area contributed by atoms with E-state index in [4.69, 9.17) is 0 Å². The first-order valence-corrected chi connectivity index (χ1v) is 4.64. The first-order valence-electron chi connectivity index (χ1n) is 3.18. The molecule has 0 unspecified atom stereocenters. The Morgan fingerprint density at radius 2 is 1.75 bits per heavy atom. The average molecular weight is 222 g/mol. The number of hydrogen-bond donors (Lipinski definition) is 0. The first-order chi connectivity index (χ1) is 4.71. The van der Waals surface area contributed by atoms with Gasteiger partial charge in [0.1, 0.15) is 13.2 Å². The summed E-state index contributed by atoms with van der Waals surface area (Å²) in [5.74, 6) is 0. The predicted octanol–water partition coefficient (Wildman–Crippen LogP) is -1.84. The quantitative estimate of drug-likeness (QED) is 0.318. The van der Waals surface area contributed by atoms with E-state index in [0.717, 1.165) is 0 Å². The second kappa shape index (κ2) is 5.94. The fourth-order valence-corrected chi connectivity index (χ4v) is 0.732. The van der Waals surface area contributed by atoms with Crippen LogP contribution < -0.4 is 9.79 Å². The number of likely N-dealkylation sites (N-methyl/N-ethyl adjacent to an activating group) is 1. The molecule has 68 valence electrons. The third-order valence-electron chi connectivity index (χ3n) is 1.01. The molecule has 0 aliphatic heterocycles. The molecule has 0 fully saturated rings. The molecule has 7 heteroatoms. The summed E-state index contributed by atoms with van der Waals surface area (Å²) in [6, 6.07) is 0. The van der Waals surface area contributed by atoms with Gasteiger partial charge in [-0.25, -0.2) is 0 Å². The molecule has 0 aromatic rings. The third kappa shape index (κ3) is 13.9. The Bertz CT molecular complexity index is 163. The molecular formula is C5H13CaNO4P+. The van der Waals surface area contributed by atoms with Gasteiger partial charge in [0.2, 0.25) is 0 Å². The van der Waals surface area contributed by atoms with Crippen molar-refractivity contribution in [2.45, 2.75) is 0 Å². The molecule has 0 rings (SSSR count). The van der Waals surface area contributed by atoms with E-state index in [1.807, 2.05) is 21.1 Å². The summed E-state index contributed by atoms with van der Waals surface area (Å²) in [5.41, 5.74) is 0. The van der Waals surface area contributed by atoms with Gasteiger partial charge in [0.25, 0.3) is 0 Å². The molecule has 0 aromatic heterocycles. The summed E-state index contributed by atoms with van der Waals surface area (Å²) < 4.78 is 14.6. The van der Waals surface area contributed by atoms with E-state index >= 15 is 0 Å². The number of phosphoric ester groups is 1. The maximum Gasteiger partial charge on any atom is 2.00 e. The fourth-order valence-electron chi connectivity index (χ4n) is 0.426. The van der Waals surface area contributed by atoms with Gasteiger partial charge in [0, 0.05) is 0 Å². The van der Waals surface area contributed by atoms with E-state index in [1.165, 1.54) is 0 Å². The summed E-state index contributed by atoms with van der Waals surface area (Å²) >= 11 is 0. The van der Waals surface area contributed by atoms with Crippen molar-refractivity contribution < 1.29 is 23.4 Å². The summed E-state index contributed by atoms with van der Waals surface area (Å²) in [7, 11) is 0.875. The van der Waals surface area contributed by atoms with Gasteiger partial charge < -0.3 is 23.4 Å². The van der Waals surface area contributed by atoms with Crippen molar-refractivity contribution in [1.29, 1.82) is 0 Å². The molecule has 0 aliphatic rings. The van der Waals surface area contributed by atoms with E-state index in [9.17, 15) is 14.4 Å². The maximum atomic E-state index is 9.96. The number of hydrogen-bond acceptors (Lipinski definition) is 4. The maximum absolute atomic E-state index is 9.96. The number of rotatable bonds is 4. The van der Waals surface area contributed by atoms with Crippen LogP contribution in [0, 0.1) is 0 Å². The molecule has 0 radical (unpaired) electrons. The van der Waals surface area contributed by atoms with Crippen LogP contribution in [-0.4, -0.2) is 76.5 Å². The Labute approximate surface area is 103 Å². The van der Waals surface area contributed by atoms with Gasteiger partial charge in [0.15, 0.2) is 0 Å². The van der Waals surface area contributed by atoms with Crippen molar-refractivity contribution in [3.8, 4) is 0 Å². The van der Waals surface area contributed by atoms with Crippen molar-refractivity contribution in [2.24, 2.45) is 0 Å². The van der Waals surface area contributed by atoms with E-state index in [2.05, 4.69) is 4.52 Å². The fraction of sp³-hybridized carbons (Fsp3) is 1.00. The molecule has 0 aromatic carbocycles. The van der Waals surface area contributed by atoms with E-state index in [-0.39, 0.29) is 44.3 Å². The van der Waals surface area contributed by atoms with Crippen LogP contribution in [0.3, 0.4) is 0 Å². The minimum Gasteiger partial charge on any atom is -0.790 e. The zero-order chi connectivity index (χ0) is 9.12. The molecule has 0 amide bonds. The molecule has 0 aliphatic carbocycles. The second-order valence-electron chi connectivity index (χ2n) is 3.29. The topological polar surface area (TPSA) is 72.4 Å². The predicted molar refractivity (Wildman–Crippen MR) is 42.2 cm³/mol. The molecule has 0 spiro atoms. The van der Waals surface area contributed by atoms with Gasteiger partial charge >= 0.3 is 37.7 Å². The van der Waals surface area contributed by atoms with Crippen LogP contribution in [0.5, 0.6) is 0 Å². The Kier molecular flexibility index (Phi) is 7.81. The van der Waals surface area contributed by atoms with Gasteiger partial charge in [-0.2, -0.15) is 0 Å². The van der Waals surface area contributed by atoms with Crippen LogP contribution in [0.25, 0.3) is 0 Å². The average Bonchev–Trinajstić information content (AvgIpc) is 1.55. The smallest absolute Gasteiger partial charge is 0.790 e. The Morgan fingerprint density at radius 3 is 2.00 bits per heavy atom. The van der Waals surface area contributed by atoms with E-state index in [0.29, 0.717) is 11.0 Å². The minimum atomic E-state index is -4.76. The van der Waals surface area contributed by atoms with Gasteiger partial charge in [-0.05, 0) is 0 Å². The number of quaternary nitrogens is 1. The zero-order valence-electron chi connectivity index (χ0n) is 7.65. The van der Waals surface area contributed by atoms with Crippen molar-refractivity contribution in [2.75, 3.05) is 34.3 Å². The summed E-state index contributed by atoms with van der Waals surface area (Å²) in [4.78, 5) is 19.9. The minimum absolute atomic E-state index is 0. The van der Waals surface area contributed by atoms with Crippen LogP contribution in [0.1, 0.15) is 0 Å². The van der Waals surface area contributed by atoms with Crippen LogP contribution in [0.15, 0.2) is 0 Å². The van der Waals surface area contributed by atoms with Crippen LogP contribution >= 0.6 is 7.82 Å². The van der Waals surface area contributed by atoms with Crippen molar-refractivity contribution in [3.05, 3.63) is 0 Å². The summed E-state index contributed by atoms with van der Waals surface area (Å²) in [6.07, 6.45) is 0. The first kappa shape index (κ1) is 15.8. The Hall–Kier alpha value is 1.33.